The summed E-state index contributed by atoms with van der Waals surface area (Å²) in [6.45, 7) is -1.20. The quantitative estimate of drug-likeness (QED) is 0.867. The Bertz CT molecular complexity index is 575. The molecule has 1 aromatic rings. The lowest BCUT2D eigenvalue weighted by Gasteiger charge is -2.32. The number of carbonyl (C=O) groups is 1. The molecule has 1 heterocycles. The molecule has 1 aliphatic rings. The number of halogens is 5. The molecule has 5 nitrogen and oxygen atoms in total. The monoisotopic (exact) mass is 327 g/mol. The molecule has 0 aliphatic carbocycles. The van der Waals surface area contributed by atoms with Crippen LogP contribution < -0.4 is 14.8 Å². The highest BCUT2D eigenvalue weighted by Gasteiger charge is 2.48. The first-order valence-electron chi connectivity index (χ1n) is 5.87. The number of hydrogen-bond donors (Lipinski definition) is 1. The van der Waals surface area contributed by atoms with E-state index in [0.29, 0.717) is 0 Å². The van der Waals surface area contributed by atoms with Gasteiger partial charge < -0.3 is 19.5 Å². The molecule has 1 aromatic carbocycles. The minimum atomic E-state index is -4.98. The zero-order valence-corrected chi connectivity index (χ0v) is 11.0. The average Bonchev–Trinajstić information content (AvgIpc) is 2.40. The van der Waals surface area contributed by atoms with Crippen molar-refractivity contribution in [2.75, 3.05) is 13.7 Å². The van der Waals surface area contributed by atoms with Gasteiger partial charge in [-0.05, 0) is 18.2 Å². The fraction of sp³-hybridized carbons (Fsp3) is 0.417. The van der Waals surface area contributed by atoms with Gasteiger partial charge in [-0.15, -0.1) is 13.2 Å². The summed E-state index contributed by atoms with van der Waals surface area (Å²) < 4.78 is 77.1. The van der Waals surface area contributed by atoms with Crippen molar-refractivity contribution in [1.29, 1.82) is 0 Å². The van der Waals surface area contributed by atoms with E-state index in [4.69, 9.17) is 4.74 Å². The second-order valence-corrected chi connectivity index (χ2v) is 4.37. The summed E-state index contributed by atoms with van der Waals surface area (Å²) in [7, 11) is 1.16. The standard InChI is InChI=1S/C12H10F5NO4/c1-20-8-3-2-6(22-12(15,16)17)4-7(8)9-11(13,14)5-21-10(19)18-9/h2-4,9H,5H2,1H3,(H,18,19)/t9-/m0/s1. The molecule has 1 N–H and O–H groups in total. The van der Waals surface area contributed by atoms with E-state index in [0.717, 1.165) is 25.3 Å². The lowest BCUT2D eigenvalue weighted by molar-refractivity contribution is -0.274. The number of alkyl carbamates (subject to hydrolysis) is 1. The van der Waals surface area contributed by atoms with Crippen LogP contribution >= 0.6 is 0 Å². The summed E-state index contributed by atoms with van der Waals surface area (Å²) in [5, 5.41) is 1.86. The predicted molar refractivity (Wildman–Crippen MR) is 61.8 cm³/mol. The number of rotatable bonds is 3. The molecule has 0 radical (unpaired) electrons. The molecule has 1 amide bonds. The minimum Gasteiger partial charge on any atom is -0.496 e. The van der Waals surface area contributed by atoms with Crippen molar-refractivity contribution in [2.24, 2.45) is 0 Å². The summed E-state index contributed by atoms with van der Waals surface area (Å²) in [5.74, 6) is -4.36. The average molecular weight is 327 g/mol. The van der Waals surface area contributed by atoms with Crippen molar-refractivity contribution < 1.29 is 41.0 Å². The van der Waals surface area contributed by atoms with E-state index in [2.05, 4.69) is 9.47 Å². The fourth-order valence-electron chi connectivity index (χ4n) is 1.95. The molecule has 0 saturated carbocycles. The first-order valence-corrected chi connectivity index (χ1v) is 5.87. The zero-order chi connectivity index (χ0) is 16.5. The molecule has 0 spiro atoms. The summed E-state index contributed by atoms with van der Waals surface area (Å²) >= 11 is 0. The first kappa shape index (κ1) is 16.1. The Morgan fingerprint density at radius 3 is 2.64 bits per heavy atom. The predicted octanol–water partition coefficient (Wildman–Crippen LogP) is 3.01. The number of carbonyl (C=O) groups excluding carboxylic acids is 1. The zero-order valence-electron chi connectivity index (χ0n) is 11.0. The van der Waals surface area contributed by atoms with Crippen LogP contribution in [-0.2, 0) is 4.74 Å². The topological polar surface area (TPSA) is 56.8 Å². The van der Waals surface area contributed by atoms with Crippen molar-refractivity contribution >= 4 is 6.09 Å². The van der Waals surface area contributed by atoms with Gasteiger partial charge >= 0.3 is 18.4 Å². The number of hydrogen-bond acceptors (Lipinski definition) is 4. The molecular weight excluding hydrogens is 317 g/mol. The number of amides is 1. The molecule has 2 rings (SSSR count). The summed E-state index contributed by atoms with van der Waals surface area (Å²) in [4.78, 5) is 11.1. The molecule has 1 atom stereocenters. The van der Waals surface area contributed by atoms with E-state index in [-0.39, 0.29) is 11.3 Å². The van der Waals surface area contributed by atoms with Crippen LogP contribution in [0.2, 0.25) is 0 Å². The smallest absolute Gasteiger partial charge is 0.496 e. The van der Waals surface area contributed by atoms with Crippen LogP contribution in [0.25, 0.3) is 0 Å². The number of benzene rings is 1. The lowest BCUT2D eigenvalue weighted by Crippen LogP contribution is -2.49. The normalized spacial score (nSPS) is 20.8. The molecule has 1 saturated heterocycles. The van der Waals surface area contributed by atoms with Crippen molar-refractivity contribution in [3.05, 3.63) is 23.8 Å². The van der Waals surface area contributed by atoms with Crippen molar-refractivity contribution in [1.82, 2.24) is 5.32 Å². The van der Waals surface area contributed by atoms with Gasteiger partial charge in [0.2, 0.25) is 0 Å². The third-order valence-electron chi connectivity index (χ3n) is 2.83. The van der Waals surface area contributed by atoms with Crippen LogP contribution in [0.15, 0.2) is 18.2 Å². The van der Waals surface area contributed by atoms with Gasteiger partial charge in [-0.3, -0.25) is 0 Å². The second-order valence-electron chi connectivity index (χ2n) is 4.37. The van der Waals surface area contributed by atoms with Gasteiger partial charge in [-0.25, -0.2) is 13.6 Å². The van der Waals surface area contributed by atoms with Crippen molar-refractivity contribution in [3.8, 4) is 11.5 Å². The number of cyclic esters (lactones) is 1. The highest BCUT2D eigenvalue weighted by molar-refractivity contribution is 5.69. The number of alkyl halides is 5. The van der Waals surface area contributed by atoms with Gasteiger partial charge in [0, 0.05) is 5.56 Å². The SMILES string of the molecule is COc1ccc(OC(F)(F)F)cc1[C@@H]1NC(=O)OCC1(F)F. The Morgan fingerprint density at radius 2 is 2.05 bits per heavy atom. The van der Waals surface area contributed by atoms with E-state index in [9.17, 15) is 26.7 Å². The van der Waals surface area contributed by atoms with E-state index in [1.807, 2.05) is 5.32 Å². The van der Waals surface area contributed by atoms with Gasteiger partial charge in [0.25, 0.3) is 0 Å². The second kappa shape index (κ2) is 5.50. The number of nitrogens with one attached hydrogen (secondary N) is 1. The highest BCUT2D eigenvalue weighted by atomic mass is 19.4. The van der Waals surface area contributed by atoms with E-state index in [1.54, 1.807) is 0 Å². The molecule has 0 aromatic heterocycles. The molecule has 22 heavy (non-hydrogen) atoms. The molecule has 1 aliphatic heterocycles. The van der Waals surface area contributed by atoms with Crippen LogP contribution in [0.1, 0.15) is 11.6 Å². The molecule has 0 bridgehead atoms. The van der Waals surface area contributed by atoms with Crippen molar-refractivity contribution in [2.45, 2.75) is 18.3 Å². The molecule has 0 unspecified atom stereocenters. The van der Waals surface area contributed by atoms with E-state index >= 15 is 0 Å². The van der Waals surface area contributed by atoms with E-state index in [1.165, 1.54) is 0 Å². The van der Waals surface area contributed by atoms with Gasteiger partial charge in [-0.1, -0.05) is 0 Å². The summed E-state index contributed by atoms with van der Waals surface area (Å²) in [5.41, 5.74) is -0.356. The lowest BCUT2D eigenvalue weighted by atomic mass is 9.98. The Morgan fingerprint density at radius 1 is 1.36 bits per heavy atom. The van der Waals surface area contributed by atoms with Crippen molar-refractivity contribution in [3.63, 3.8) is 0 Å². The third-order valence-corrected chi connectivity index (χ3v) is 2.83. The molecule has 1 fully saturated rings. The maximum Gasteiger partial charge on any atom is 0.573 e. The van der Waals surface area contributed by atoms with Crippen LogP contribution in [-0.4, -0.2) is 32.1 Å². The van der Waals surface area contributed by atoms with Gasteiger partial charge in [0.15, 0.2) is 6.61 Å². The molecule has 10 heteroatoms. The van der Waals surface area contributed by atoms with E-state index < -0.39 is 36.8 Å². The Kier molecular flexibility index (Phi) is 4.03. The first-order chi connectivity index (χ1) is 10.1. The Hall–Kier alpha value is -2.26. The summed E-state index contributed by atoms with van der Waals surface area (Å²) in [6, 6.07) is 0.778. The Balaban J connectivity index is 2.42. The van der Waals surface area contributed by atoms with Gasteiger partial charge in [-0.2, -0.15) is 0 Å². The largest absolute Gasteiger partial charge is 0.573 e. The minimum absolute atomic E-state index is 0.124. The molecular formula is C12H10F5NO4. The maximum atomic E-state index is 13.9. The van der Waals surface area contributed by atoms with Crippen LogP contribution in [0.5, 0.6) is 11.5 Å². The van der Waals surface area contributed by atoms with Crippen LogP contribution in [0.3, 0.4) is 0 Å². The van der Waals surface area contributed by atoms with Gasteiger partial charge in [0.1, 0.15) is 17.5 Å². The molecule has 122 valence electrons. The van der Waals surface area contributed by atoms with Crippen LogP contribution in [0, 0.1) is 0 Å². The summed E-state index contributed by atoms with van der Waals surface area (Å²) in [6.07, 6.45) is -6.09. The Labute approximate surface area is 120 Å². The van der Waals surface area contributed by atoms with Crippen LogP contribution in [0.4, 0.5) is 26.7 Å². The highest BCUT2D eigenvalue weighted by Crippen LogP contribution is 2.40. The number of ether oxygens (including phenoxy) is 3. The van der Waals surface area contributed by atoms with Gasteiger partial charge in [0.05, 0.1) is 7.11 Å². The third kappa shape index (κ3) is 3.49. The maximum absolute atomic E-state index is 13.9. The number of methoxy groups -OCH3 is 1. The fourth-order valence-corrected chi connectivity index (χ4v) is 1.95.